The fourth-order valence-electron chi connectivity index (χ4n) is 3.81. The van der Waals surface area contributed by atoms with E-state index in [1.165, 1.54) is 29.8 Å². The molecule has 34 heavy (non-hydrogen) atoms. The number of aliphatic carboxylic acids is 1. The zero-order valence-corrected chi connectivity index (χ0v) is 22.4. The Labute approximate surface area is 209 Å². The third kappa shape index (κ3) is 4.71. The predicted molar refractivity (Wildman–Crippen MR) is 136 cm³/mol. The molecule has 3 aromatic rings. The zero-order valence-electron chi connectivity index (χ0n) is 20.0. The normalized spacial score (nSPS) is 12.9. The van der Waals surface area contributed by atoms with Crippen LogP contribution in [0.4, 0.5) is 0 Å². The lowest BCUT2D eigenvalue weighted by Crippen LogP contribution is -2.52. The van der Waals surface area contributed by atoms with Crippen LogP contribution in [0.1, 0.15) is 51.8 Å². The van der Waals surface area contributed by atoms with Crippen molar-refractivity contribution in [1.29, 1.82) is 0 Å². The molecule has 0 radical (unpaired) electrons. The van der Waals surface area contributed by atoms with Crippen LogP contribution in [0.3, 0.4) is 0 Å². The van der Waals surface area contributed by atoms with Crippen LogP contribution in [0.2, 0.25) is 0 Å². The summed E-state index contributed by atoms with van der Waals surface area (Å²) in [5, 5.41) is 10.1. The molecule has 184 valence electrons. The Morgan fingerprint density at radius 2 is 1.88 bits per heavy atom. The number of ether oxygens (including phenoxy) is 2. The van der Waals surface area contributed by atoms with Gasteiger partial charge in [0.25, 0.3) is 5.56 Å². The van der Waals surface area contributed by atoms with E-state index in [0.717, 1.165) is 10.1 Å². The monoisotopic (exact) mass is 552 g/mol. The molecule has 1 N–H and O–H groups in total. The first-order valence-electron chi connectivity index (χ1n) is 11.0. The van der Waals surface area contributed by atoms with Crippen molar-refractivity contribution >= 4 is 43.5 Å². The quantitative estimate of drug-likeness (QED) is 0.413. The van der Waals surface area contributed by atoms with Crippen molar-refractivity contribution in [2.45, 2.75) is 65.8 Å². The van der Waals surface area contributed by atoms with Gasteiger partial charge in [0, 0.05) is 5.56 Å². The molecule has 0 fully saturated rings. The van der Waals surface area contributed by atoms with Gasteiger partial charge in [-0.25, -0.2) is 14.2 Å². The van der Waals surface area contributed by atoms with Gasteiger partial charge in [0.1, 0.15) is 22.2 Å². The summed E-state index contributed by atoms with van der Waals surface area (Å²) in [7, 11) is 0. The molecule has 0 amide bonds. The second kappa shape index (κ2) is 10.1. The minimum atomic E-state index is -1.75. The lowest BCUT2D eigenvalue weighted by Gasteiger charge is -2.26. The number of aryl methyl sites for hydroxylation is 1. The second-order valence-electron chi connectivity index (χ2n) is 8.72. The van der Waals surface area contributed by atoms with Gasteiger partial charge in [-0.3, -0.25) is 9.36 Å². The van der Waals surface area contributed by atoms with Gasteiger partial charge in [0.15, 0.2) is 0 Å². The predicted octanol–water partition coefficient (Wildman–Crippen LogP) is 4.68. The minimum Gasteiger partial charge on any atom is -0.493 e. The molecule has 0 saturated carbocycles. The number of fused-ring (bicyclic) bond motifs is 1. The maximum atomic E-state index is 13.7. The Morgan fingerprint density at radius 1 is 1.24 bits per heavy atom. The van der Waals surface area contributed by atoms with Gasteiger partial charge in [0.2, 0.25) is 0 Å². The lowest BCUT2D eigenvalue weighted by molar-refractivity contribution is -0.146. The molecule has 1 unspecified atom stereocenters. The first-order valence-corrected chi connectivity index (χ1v) is 12.6. The van der Waals surface area contributed by atoms with Gasteiger partial charge < -0.3 is 14.6 Å². The first kappa shape index (κ1) is 26.2. The number of nitrogens with zero attached hydrogens (tertiary/aromatic N) is 2. The Morgan fingerprint density at radius 3 is 2.47 bits per heavy atom. The zero-order chi connectivity index (χ0) is 25.4. The molecule has 0 aliphatic carbocycles. The average molecular weight is 553 g/mol. The average Bonchev–Trinajstić information content (AvgIpc) is 3.05. The summed E-state index contributed by atoms with van der Waals surface area (Å²) in [5.74, 6) is -0.635. The Kier molecular flexibility index (Phi) is 7.74. The highest BCUT2D eigenvalue weighted by Gasteiger charge is 2.35. The van der Waals surface area contributed by atoms with E-state index in [9.17, 15) is 19.5 Å². The number of aromatic nitrogens is 2. The van der Waals surface area contributed by atoms with Crippen LogP contribution in [0, 0.1) is 6.92 Å². The number of thiophene rings is 1. The number of hydrogen-bond acceptors (Lipinski definition) is 6. The number of benzene rings is 1. The molecule has 1 aromatic carbocycles. The highest BCUT2D eigenvalue weighted by Crippen LogP contribution is 2.35. The fourth-order valence-corrected chi connectivity index (χ4v) is 5.50. The van der Waals surface area contributed by atoms with E-state index in [1.54, 1.807) is 6.92 Å². The van der Waals surface area contributed by atoms with Crippen molar-refractivity contribution in [2.24, 2.45) is 0 Å². The molecule has 2 heterocycles. The van der Waals surface area contributed by atoms with E-state index in [0.29, 0.717) is 31.9 Å². The van der Waals surface area contributed by atoms with Crippen molar-refractivity contribution in [2.75, 3.05) is 6.61 Å². The third-order valence-electron chi connectivity index (χ3n) is 5.59. The molecule has 0 aliphatic heterocycles. The summed E-state index contributed by atoms with van der Waals surface area (Å²) in [6.07, 6.45) is -0.743. The summed E-state index contributed by atoms with van der Waals surface area (Å²) in [6, 6.07) is 7.45. The fraction of sp³-hybridized carbons (Fsp3) is 0.458. The van der Waals surface area contributed by atoms with Gasteiger partial charge in [-0.2, -0.15) is 0 Å². The van der Waals surface area contributed by atoms with Crippen molar-refractivity contribution in [3.05, 3.63) is 60.0 Å². The maximum absolute atomic E-state index is 13.7. The van der Waals surface area contributed by atoms with E-state index in [1.807, 2.05) is 45.0 Å². The molecule has 2 aromatic heterocycles. The van der Waals surface area contributed by atoms with Gasteiger partial charge in [0.05, 0.1) is 28.4 Å². The maximum Gasteiger partial charge on any atom is 0.333 e. The number of para-hydroxylation sites is 1. The summed E-state index contributed by atoms with van der Waals surface area (Å²) in [5.41, 5.74) is -1.66. The lowest BCUT2D eigenvalue weighted by atomic mass is 10.1. The summed E-state index contributed by atoms with van der Waals surface area (Å²) >= 11 is 4.74. The van der Waals surface area contributed by atoms with E-state index < -0.39 is 28.9 Å². The molecule has 3 rings (SSSR count). The highest BCUT2D eigenvalue weighted by atomic mass is 79.9. The van der Waals surface area contributed by atoms with Crippen LogP contribution in [-0.2, 0) is 21.6 Å². The molecule has 10 heteroatoms. The number of halogens is 1. The third-order valence-corrected chi connectivity index (χ3v) is 7.77. The smallest absolute Gasteiger partial charge is 0.333 e. The summed E-state index contributed by atoms with van der Waals surface area (Å²) in [6.45, 7) is 10.7. The number of carbonyl (C=O) groups is 1. The Bertz CT molecular complexity index is 1340. The highest BCUT2D eigenvalue weighted by molar-refractivity contribution is 9.11. The molecular weight excluding hydrogens is 524 g/mol. The van der Waals surface area contributed by atoms with Gasteiger partial charge in [-0.1, -0.05) is 18.2 Å². The largest absolute Gasteiger partial charge is 0.493 e. The number of carboxylic acids is 1. The molecule has 0 saturated heterocycles. The Hall–Kier alpha value is -2.43. The van der Waals surface area contributed by atoms with E-state index in [-0.39, 0.29) is 12.6 Å². The number of carboxylic acid groups (broad SMARTS) is 1. The van der Waals surface area contributed by atoms with Crippen molar-refractivity contribution in [1.82, 2.24) is 9.13 Å². The molecule has 1 atom stereocenters. The van der Waals surface area contributed by atoms with Crippen LogP contribution in [0.15, 0.2) is 37.6 Å². The topological polar surface area (TPSA) is 99.8 Å². The van der Waals surface area contributed by atoms with Gasteiger partial charge in [-0.05, 0) is 69.1 Å². The van der Waals surface area contributed by atoms with Crippen LogP contribution < -0.4 is 16.0 Å². The second-order valence-corrected chi connectivity index (χ2v) is 11.0. The number of rotatable bonds is 9. The molecule has 0 bridgehead atoms. The van der Waals surface area contributed by atoms with Crippen LogP contribution >= 0.6 is 27.3 Å². The molecule has 0 aliphatic rings. The standard InChI is InChI=1S/C24H29BrN2O6S/c1-7-32-16-11-9-8-10-15(16)17(33-13(2)3)12-26-21-18(14(4)19(25)34-21)20(28)27(23(26)31)24(5,6)22(29)30/h8-11,13,17H,7,12H2,1-6H3,(H,29,30). The van der Waals surface area contributed by atoms with Crippen molar-refractivity contribution in [3.63, 3.8) is 0 Å². The van der Waals surface area contributed by atoms with Crippen LogP contribution in [0.25, 0.3) is 10.2 Å². The SMILES string of the molecule is CCOc1ccccc1C(Cn1c(=O)n(C(C)(C)C(=O)O)c(=O)c2c(C)c(Br)sc21)OC(C)C. The molecule has 0 spiro atoms. The summed E-state index contributed by atoms with van der Waals surface area (Å²) < 4.78 is 15.0. The number of hydrogen-bond donors (Lipinski definition) is 1. The Balaban J connectivity index is 2.33. The van der Waals surface area contributed by atoms with E-state index in [2.05, 4.69) is 15.9 Å². The van der Waals surface area contributed by atoms with E-state index >= 15 is 0 Å². The molecule has 8 nitrogen and oxygen atoms in total. The van der Waals surface area contributed by atoms with Crippen molar-refractivity contribution < 1.29 is 19.4 Å². The van der Waals surface area contributed by atoms with Gasteiger partial charge >= 0.3 is 11.7 Å². The van der Waals surface area contributed by atoms with Crippen LogP contribution in [-0.4, -0.2) is 32.9 Å². The van der Waals surface area contributed by atoms with Crippen LogP contribution in [0.5, 0.6) is 5.75 Å². The minimum absolute atomic E-state index is 0.0694. The molecular formula is C24H29BrN2O6S. The van der Waals surface area contributed by atoms with Gasteiger partial charge in [-0.15, -0.1) is 11.3 Å². The summed E-state index contributed by atoms with van der Waals surface area (Å²) in [4.78, 5) is 39.6. The van der Waals surface area contributed by atoms with Crippen molar-refractivity contribution in [3.8, 4) is 5.75 Å². The van der Waals surface area contributed by atoms with E-state index in [4.69, 9.17) is 9.47 Å². The first-order chi connectivity index (χ1) is 15.9.